The molecule has 2 N–H and O–H groups in total. The first-order chi connectivity index (χ1) is 4.50. The summed E-state index contributed by atoms with van der Waals surface area (Å²) in [6, 6.07) is 0. The van der Waals surface area contributed by atoms with Gasteiger partial charge in [0.25, 0.3) is 0 Å². The molecule has 0 aromatic rings. The van der Waals surface area contributed by atoms with Gasteiger partial charge in [0.2, 0.25) is 6.29 Å². The van der Waals surface area contributed by atoms with Crippen LogP contribution in [0.5, 0.6) is 0 Å². The largest absolute Gasteiger partial charge is 0.361 e. The Hall–Kier alpha value is -0.0800. The average molecular weight is 145 g/mol. The van der Waals surface area contributed by atoms with Crippen molar-refractivity contribution in [1.82, 2.24) is 0 Å². The molecule has 0 amide bonds. The van der Waals surface area contributed by atoms with Crippen molar-refractivity contribution in [2.75, 3.05) is 0 Å². The van der Waals surface area contributed by atoms with Gasteiger partial charge in [-0.05, 0) is 6.42 Å². The van der Waals surface area contributed by atoms with Crippen molar-refractivity contribution < 1.29 is 10.2 Å². The van der Waals surface area contributed by atoms with Crippen LogP contribution in [0.2, 0.25) is 0 Å². The highest BCUT2D eigenvalue weighted by atomic mass is 16.5. The number of hydrogen-bond acceptors (Lipinski definition) is 2. The van der Waals surface area contributed by atoms with E-state index in [2.05, 4.69) is 6.92 Å². The molecule has 0 spiro atoms. The van der Waals surface area contributed by atoms with E-state index in [1.54, 1.807) is 0 Å². The van der Waals surface area contributed by atoms with Crippen molar-refractivity contribution in [1.29, 1.82) is 0 Å². The maximum Gasteiger partial charge on any atom is 0.224 e. The maximum absolute atomic E-state index is 8.78. The summed E-state index contributed by atoms with van der Waals surface area (Å²) in [5, 5.41) is 17.6. The molecule has 61 valence electrons. The van der Waals surface area contributed by atoms with Gasteiger partial charge in [-0.2, -0.15) is 0 Å². The van der Waals surface area contributed by atoms with Crippen molar-refractivity contribution >= 4 is 0 Å². The van der Waals surface area contributed by atoms with Crippen LogP contribution in [-0.2, 0) is 0 Å². The predicted octanol–water partition coefficient (Wildman–Crippen LogP) is 2.44. The number of unbranched alkanes of at least 4 members (excludes halogenated alkanes) is 1. The van der Waals surface area contributed by atoms with Crippen LogP contribution >= 0.6 is 0 Å². The van der Waals surface area contributed by atoms with Crippen molar-refractivity contribution in [2.45, 2.75) is 40.0 Å². The topological polar surface area (TPSA) is 40.5 Å². The first-order valence-electron chi connectivity index (χ1n) is 3.76. The highest BCUT2D eigenvalue weighted by Crippen LogP contribution is 2.30. The fraction of sp³-hybridized carbons (Fsp3) is 0.875. The zero-order valence-electron chi connectivity index (χ0n) is 7.02. The van der Waals surface area contributed by atoms with Crippen LogP contribution in [0.1, 0.15) is 40.0 Å². The zero-order chi connectivity index (χ0) is 8.20. The highest BCUT2D eigenvalue weighted by molar-refractivity contribution is 4.81. The number of rotatable bonds is 4. The zero-order valence-corrected chi connectivity index (χ0v) is 7.02. The minimum Gasteiger partial charge on any atom is -0.361 e. The summed E-state index contributed by atoms with van der Waals surface area (Å²) >= 11 is 0. The fourth-order valence-corrected chi connectivity index (χ4v) is 0.731. The van der Waals surface area contributed by atoms with Crippen molar-refractivity contribution in [3.05, 3.63) is 6.29 Å². The van der Waals surface area contributed by atoms with Crippen molar-refractivity contribution in [3.8, 4) is 0 Å². The molecular weight excluding hydrogens is 128 g/mol. The van der Waals surface area contributed by atoms with Gasteiger partial charge in [0.15, 0.2) is 0 Å². The average Bonchev–Trinajstić information content (AvgIpc) is 1.84. The monoisotopic (exact) mass is 145 g/mol. The summed E-state index contributed by atoms with van der Waals surface area (Å²) < 4.78 is 0. The lowest BCUT2D eigenvalue weighted by Crippen LogP contribution is -2.21. The molecule has 0 saturated heterocycles. The smallest absolute Gasteiger partial charge is 0.224 e. The molecular formula is C8H17O2. The van der Waals surface area contributed by atoms with Gasteiger partial charge < -0.3 is 10.2 Å². The Morgan fingerprint density at radius 1 is 1.30 bits per heavy atom. The third-order valence-corrected chi connectivity index (χ3v) is 1.76. The van der Waals surface area contributed by atoms with Gasteiger partial charge in [-0.1, -0.05) is 33.6 Å². The van der Waals surface area contributed by atoms with Crippen LogP contribution in [0.4, 0.5) is 0 Å². The molecule has 0 aromatic heterocycles. The molecule has 0 unspecified atom stereocenters. The molecule has 2 heteroatoms. The van der Waals surface area contributed by atoms with E-state index in [9.17, 15) is 0 Å². The minimum atomic E-state index is -0.444. The number of aliphatic hydroxyl groups is 2. The van der Waals surface area contributed by atoms with Crippen LogP contribution in [0.15, 0.2) is 0 Å². The second-order valence-corrected chi connectivity index (χ2v) is 3.31. The normalized spacial score (nSPS) is 12.6. The third kappa shape index (κ3) is 3.18. The second kappa shape index (κ2) is 3.94. The fourth-order valence-electron chi connectivity index (χ4n) is 0.731. The van der Waals surface area contributed by atoms with Crippen molar-refractivity contribution in [2.24, 2.45) is 5.41 Å². The molecule has 0 aliphatic rings. The summed E-state index contributed by atoms with van der Waals surface area (Å²) in [4.78, 5) is 0. The highest BCUT2D eigenvalue weighted by Gasteiger charge is 2.26. The Labute approximate surface area is 62.9 Å². The molecule has 0 heterocycles. The lowest BCUT2D eigenvalue weighted by atomic mass is 9.87. The van der Waals surface area contributed by atoms with Crippen LogP contribution in [0, 0.1) is 11.7 Å². The second-order valence-electron chi connectivity index (χ2n) is 3.31. The first-order valence-corrected chi connectivity index (χ1v) is 3.76. The van der Waals surface area contributed by atoms with Gasteiger partial charge in [-0.3, -0.25) is 0 Å². The van der Waals surface area contributed by atoms with Crippen molar-refractivity contribution in [3.63, 3.8) is 0 Å². The minimum absolute atomic E-state index is 0.421. The van der Waals surface area contributed by atoms with E-state index < -0.39 is 11.7 Å². The first kappa shape index (κ1) is 9.92. The van der Waals surface area contributed by atoms with E-state index >= 15 is 0 Å². The van der Waals surface area contributed by atoms with E-state index in [4.69, 9.17) is 10.2 Å². The molecule has 10 heavy (non-hydrogen) atoms. The molecule has 0 atom stereocenters. The molecule has 0 aliphatic heterocycles. The van der Waals surface area contributed by atoms with Crippen LogP contribution in [0.3, 0.4) is 0 Å². The summed E-state index contributed by atoms with van der Waals surface area (Å²) in [5.74, 6) is 0. The Bertz CT molecular complexity index is 87.3. The van der Waals surface area contributed by atoms with Crippen LogP contribution < -0.4 is 0 Å². The lowest BCUT2D eigenvalue weighted by Gasteiger charge is -2.24. The molecule has 0 aliphatic carbocycles. The van der Waals surface area contributed by atoms with E-state index in [0.29, 0.717) is 0 Å². The molecule has 0 saturated carbocycles. The molecule has 2 nitrogen and oxygen atoms in total. The van der Waals surface area contributed by atoms with Gasteiger partial charge in [-0.25, -0.2) is 0 Å². The van der Waals surface area contributed by atoms with Gasteiger partial charge in [-0.15, -0.1) is 0 Å². The van der Waals surface area contributed by atoms with Gasteiger partial charge in [0.1, 0.15) is 0 Å². The SMILES string of the molecule is CCCCC(C)(C)[C](O)O. The number of hydrogen-bond donors (Lipinski definition) is 2. The van der Waals surface area contributed by atoms with Gasteiger partial charge in [0.05, 0.1) is 0 Å². The number of aliphatic hydroxyl groups excluding tert-OH is 1. The summed E-state index contributed by atoms with van der Waals surface area (Å²) in [6.45, 7) is 5.75. The van der Waals surface area contributed by atoms with E-state index in [1.807, 2.05) is 13.8 Å². The standard InChI is InChI=1S/C8H17O2/c1-4-5-6-8(2,3)7(9)10/h9-10H,4-6H2,1-3H3. The van der Waals surface area contributed by atoms with Crippen LogP contribution in [-0.4, -0.2) is 10.2 Å². The summed E-state index contributed by atoms with van der Waals surface area (Å²) in [5.41, 5.74) is -0.421. The Balaban J connectivity index is 3.63. The molecule has 0 rings (SSSR count). The Morgan fingerprint density at radius 2 is 1.80 bits per heavy atom. The quantitative estimate of drug-likeness (QED) is 0.637. The van der Waals surface area contributed by atoms with E-state index in [0.717, 1.165) is 19.3 Å². The molecule has 1 radical (unpaired) electrons. The van der Waals surface area contributed by atoms with Gasteiger partial charge in [0, 0.05) is 5.41 Å². The van der Waals surface area contributed by atoms with E-state index in [1.165, 1.54) is 0 Å². The van der Waals surface area contributed by atoms with Crippen LogP contribution in [0.25, 0.3) is 0 Å². The molecule has 0 aromatic carbocycles. The summed E-state index contributed by atoms with van der Waals surface area (Å²) in [6.07, 6.45) is 2.53. The Kier molecular flexibility index (Phi) is 3.91. The van der Waals surface area contributed by atoms with Gasteiger partial charge >= 0.3 is 0 Å². The maximum atomic E-state index is 8.78. The third-order valence-electron chi connectivity index (χ3n) is 1.76. The summed E-state index contributed by atoms with van der Waals surface area (Å²) in [7, 11) is 0. The molecule has 0 fully saturated rings. The van der Waals surface area contributed by atoms with E-state index in [-0.39, 0.29) is 0 Å². The Morgan fingerprint density at radius 3 is 2.10 bits per heavy atom. The molecule has 0 bridgehead atoms. The lowest BCUT2D eigenvalue weighted by molar-refractivity contribution is -0.0115. The predicted molar refractivity (Wildman–Crippen MR) is 40.4 cm³/mol.